The first-order chi connectivity index (χ1) is 14.2. The van der Waals surface area contributed by atoms with E-state index in [1.807, 2.05) is 65.6 Å². The molecule has 0 saturated carbocycles. The number of likely N-dealkylation sites (tertiary alicyclic amines) is 1. The van der Waals surface area contributed by atoms with E-state index in [2.05, 4.69) is 12.1 Å². The topological polar surface area (TPSA) is 38.8 Å². The monoisotopic (exact) mass is 387 g/mol. The predicted molar refractivity (Wildman–Crippen MR) is 114 cm³/mol. The lowest BCUT2D eigenvalue weighted by molar-refractivity contribution is 0.0735. The Labute approximate surface area is 171 Å². The van der Waals surface area contributed by atoms with E-state index in [0.717, 1.165) is 41.6 Å². The number of benzene rings is 3. The third kappa shape index (κ3) is 3.83. The van der Waals surface area contributed by atoms with Crippen LogP contribution in [0.2, 0.25) is 0 Å². The molecule has 29 heavy (non-hydrogen) atoms. The Morgan fingerprint density at radius 1 is 0.862 bits per heavy atom. The Kier molecular flexibility index (Phi) is 5.52. The van der Waals surface area contributed by atoms with Gasteiger partial charge < -0.3 is 14.4 Å². The SMILES string of the molecule is COc1ccc([C@@H]2CCCN2C(=O)c2ccc(-c3ccccc3)cc2)cc1OC. The van der Waals surface area contributed by atoms with Crippen molar-refractivity contribution in [3.05, 3.63) is 83.9 Å². The van der Waals surface area contributed by atoms with Crippen LogP contribution in [0.4, 0.5) is 0 Å². The Bertz CT molecular complexity index is 983. The fourth-order valence-corrected chi connectivity index (χ4v) is 4.02. The summed E-state index contributed by atoms with van der Waals surface area (Å²) in [7, 11) is 3.26. The van der Waals surface area contributed by atoms with Crippen molar-refractivity contribution in [3.63, 3.8) is 0 Å². The number of carbonyl (C=O) groups excluding carboxylic acids is 1. The second kappa shape index (κ2) is 8.39. The van der Waals surface area contributed by atoms with Crippen LogP contribution in [0.1, 0.15) is 34.8 Å². The molecule has 1 fully saturated rings. The number of nitrogens with zero attached hydrogens (tertiary/aromatic N) is 1. The fraction of sp³-hybridized carbons (Fsp3) is 0.240. The van der Waals surface area contributed by atoms with Crippen LogP contribution in [-0.2, 0) is 0 Å². The summed E-state index contributed by atoms with van der Waals surface area (Å²) >= 11 is 0. The predicted octanol–water partition coefficient (Wildman–Crippen LogP) is 5.35. The summed E-state index contributed by atoms with van der Waals surface area (Å²) < 4.78 is 10.8. The second-order valence-electron chi connectivity index (χ2n) is 7.21. The van der Waals surface area contributed by atoms with Gasteiger partial charge in [-0.2, -0.15) is 0 Å². The van der Waals surface area contributed by atoms with Crippen LogP contribution in [-0.4, -0.2) is 31.6 Å². The number of ether oxygens (including phenoxy) is 2. The number of methoxy groups -OCH3 is 2. The third-order valence-corrected chi connectivity index (χ3v) is 5.55. The zero-order valence-electron chi connectivity index (χ0n) is 16.8. The third-order valence-electron chi connectivity index (χ3n) is 5.55. The quantitative estimate of drug-likeness (QED) is 0.592. The smallest absolute Gasteiger partial charge is 0.254 e. The maximum Gasteiger partial charge on any atom is 0.254 e. The van der Waals surface area contributed by atoms with Gasteiger partial charge in [-0.25, -0.2) is 0 Å². The van der Waals surface area contributed by atoms with Crippen molar-refractivity contribution < 1.29 is 14.3 Å². The van der Waals surface area contributed by atoms with E-state index in [1.54, 1.807) is 14.2 Å². The van der Waals surface area contributed by atoms with Crippen LogP contribution in [0.5, 0.6) is 11.5 Å². The minimum atomic E-state index is 0.0519. The average Bonchev–Trinajstić information content (AvgIpc) is 3.28. The van der Waals surface area contributed by atoms with E-state index in [1.165, 1.54) is 0 Å². The van der Waals surface area contributed by atoms with E-state index in [9.17, 15) is 4.79 Å². The van der Waals surface area contributed by atoms with Gasteiger partial charge in [0.05, 0.1) is 20.3 Å². The molecule has 0 aliphatic carbocycles. The van der Waals surface area contributed by atoms with Crippen molar-refractivity contribution in [2.75, 3.05) is 20.8 Å². The van der Waals surface area contributed by atoms with E-state index in [4.69, 9.17) is 9.47 Å². The maximum atomic E-state index is 13.2. The molecule has 148 valence electrons. The number of hydrogen-bond donors (Lipinski definition) is 0. The normalized spacial score (nSPS) is 15.9. The fourth-order valence-electron chi connectivity index (χ4n) is 4.02. The molecule has 0 aromatic heterocycles. The first-order valence-electron chi connectivity index (χ1n) is 9.89. The molecular formula is C25H25NO3. The molecule has 1 aliphatic heterocycles. The van der Waals surface area contributed by atoms with Crippen LogP contribution < -0.4 is 9.47 Å². The summed E-state index contributed by atoms with van der Waals surface area (Å²) in [5.74, 6) is 1.46. The van der Waals surface area contributed by atoms with Crippen molar-refractivity contribution in [1.29, 1.82) is 0 Å². The molecule has 4 nitrogen and oxygen atoms in total. The number of rotatable bonds is 5. The summed E-state index contributed by atoms with van der Waals surface area (Å²) in [6.07, 6.45) is 1.94. The highest BCUT2D eigenvalue weighted by Gasteiger charge is 2.31. The van der Waals surface area contributed by atoms with Crippen molar-refractivity contribution in [3.8, 4) is 22.6 Å². The van der Waals surface area contributed by atoms with Gasteiger partial charge in [0.2, 0.25) is 0 Å². The van der Waals surface area contributed by atoms with Gasteiger partial charge in [0.15, 0.2) is 11.5 Å². The van der Waals surface area contributed by atoms with Crippen molar-refractivity contribution in [1.82, 2.24) is 4.90 Å². The molecule has 0 bridgehead atoms. The Morgan fingerprint density at radius 3 is 2.24 bits per heavy atom. The molecule has 1 aliphatic rings. The molecule has 1 amide bonds. The molecule has 1 heterocycles. The Hall–Kier alpha value is -3.27. The van der Waals surface area contributed by atoms with E-state index < -0.39 is 0 Å². The summed E-state index contributed by atoms with van der Waals surface area (Å²) in [5, 5.41) is 0. The van der Waals surface area contributed by atoms with Gasteiger partial charge in [-0.05, 0) is 53.8 Å². The molecule has 1 atom stereocenters. The zero-order valence-corrected chi connectivity index (χ0v) is 16.8. The first kappa shape index (κ1) is 19.1. The molecule has 3 aromatic carbocycles. The Balaban J connectivity index is 1.56. The van der Waals surface area contributed by atoms with E-state index in [-0.39, 0.29) is 11.9 Å². The standard InChI is InChI=1S/C25H25NO3/c1-28-23-15-14-21(17-24(23)29-2)22-9-6-16-26(22)25(27)20-12-10-19(11-13-20)18-7-4-3-5-8-18/h3-5,7-8,10-15,17,22H,6,9,16H2,1-2H3/t22-/m0/s1. The molecule has 4 heteroatoms. The van der Waals surface area contributed by atoms with Gasteiger partial charge in [0.1, 0.15) is 0 Å². The lowest BCUT2D eigenvalue weighted by Gasteiger charge is -2.26. The summed E-state index contributed by atoms with van der Waals surface area (Å²) in [6.45, 7) is 0.762. The number of amides is 1. The van der Waals surface area contributed by atoms with Gasteiger partial charge >= 0.3 is 0 Å². The highest BCUT2D eigenvalue weighted by Crippen LogP contribution is 2.37. The van der Waals surface area contributed by atoms with Gasteiger partial charge in [0.25, 0.3) is 5.91 Å². The molecule has 0 radical (unpaired) electrons. The lowest BCUT2D eigenvalue weighted by atomic mass is 10.0. The molecular weight excluding hydrogens is 362 g/mol. The highest BCUT2D eigenvalue weighted by molar-refractivity contribution is 5.95. The maximum absolute atomic E-state index is 13.2. The van der Waals surface area contributed by atoms with Crippen LogP contribution >= 0.6 is 0 Å². The van der Waals surface area contributed by atoms with Crippen LogP contribution in [0.15, 0.2) is 72.8 Å². The molecule has 0 spiro atoms. The van der Waals surface area contributed by atoms with Gasteiger partial charge in [-0.15, -0.1) is 0 Å². The van der Waals surface area contributed by atoms with Gasteiger partial charge in [-0.3, -0.25) is 4.79 Å². The minimum absolute atomic E-state index is 0.0519. The van der Waals surface area contributed by atoms with Crippen LogP contribution in [0.25, 0.3) is 11.1 Å². The second-order valence-corrected chi connectivity index (χ2v) is 7.21. The molecule has 0 unspecified atom stereocenters. The largest absolute Gasteiger partial charge is 0.493 e. The number of carbonyl (C=O) groups is 1. The molecule has 3 aromatic rings. The van der Waals surface area contributed by atoms with E-state index >= 15 is 0 Å². The summed E-state index contributed by atoms with van der Waals surface area (Å²) in [5.41, 5.74) is 4.06. The van der Waals surface area contributed by atoms with Crippen LogP contribution in [0.3, 0.4) is 0 Å². The summed E-state index contributed by atoms with van der Waals surface area (Å²) in [6, 6.07) is 24.0. The van der Waals surface area contributed by atoms with Crippen molar-refractivity contribution >= 4 is 5.91 Å². The lowest BCUT2D eigenvalue weighted by Crippen LogP contribution is -2.30. The van der Waals surface area contributed by atoms with E-state index in [0.29, 0.717) is 11.5 Å². The zero-order chi connectivity index (χ0) is 20.2. The Morgan fingerprint density at radius 2 is 1.55 bits per heavy atom. The van der Waals surface area contributed by atoms with Gasteiger partial charge in [0, 0.05) is 12.1 Å². The molecule has 1 saturated heterocycles. The van der Waals surface area contributed by atoms with Gasteiger partial charge in [-0.1, -0.05) is 48.5 Å². The molecule has 0 N–H and O–H groups in total. The minimum Gasteiger partial charge on any atom is -0.493 e. The van der Waals surface area contributed by atoms with Crippen molar-refractivity contribution in [2.24, 2.45) is 0 Å². The highest BCUT2D eigenvalue weighted by atomic mass is 16.5. The average molecular weight is 387 g/mol. The number of hydrogen-bond acceptors (Lipinski definition) is 3. The molecule has 4 rings (SSSR count). The summed E-state index contributed by atoms with van der Waals surface area (Å²) in [4.78, 5) is 15.2. The van der Waals surface area contributed by atoms with Crippen molar-refractivity contribution in [2.45, 2.75) is 18.9 Å². The van der Waals surface area contributed by atoms with Crippen LogP contribution in [0, 0.1) is 0 Å². The first-order valence-corrected chi connectivity index (χ1v) is 9.89.